The molecule has 1 atom stereocenters. The molecule has 1 aliphatic heterocycles. The Hall–Kier alpha value is -1.96. The zero-order valence-electron chi connectivity index (χ0n) is 12.7. The Bertz CT molecular complexity index is 563. The molecule has 5 nitrogen and oxygen atoms in total. The lowest BCUT2D eigenvalue weighted by atomic mass is 10.1. The van der Waals surface area contributed by atoms with Crippen molar-refractivity contribution in [3.63, 3.8) is 0 Å². The molecule has 0 aromatic heterocycles. The maximum Gasteiger partial charge on any atom is 0.416 e. The zero-order chi connectivity index (χ0) is 17.0. The van der Waals surface area contributed by atoms with Gasteiger partial charge in [-0.3, -0.25) is 0 Å². The number of amides is 2. The molecular weight excluding hydrogens is 313 g/mol. The minimum atomic E-state index is -4.53. The lowest BCUT2D eigenvalue weighted by molar-refractivity contribution is -0.138. The van der Waals surface area contributed by atoms with Crippen molar-refractivity contribution in [3.8, 4) is 5.75 Å². The predicted molar refractivity (Wildman–Crippen MR) is 77.0 cm³/mol. The van der Waals surface area contributed by atoms with Crippen molar-refractivity contribution < 1.29 is 27.8 Å². The van der Waals surface area contributed by atoms with Crippen LogP contribution < -0.4 is 10.1 Å². The number of β-amino-alcohol motifs (C(OH)–C–C–N with tert-alkyl or cyclic N) is 1. The molecule has 23 heavy (non-hydrogen) atoms. The van der Waals surface area contributed by atoms with E-state index in [9.17, 15) is 23.1 Å². The van der Waals surface area contributed by atoms with Crippen molar-refractivity contribution in [2.24, 2.45) is 0 Å². The van der Waals surface area contributed by atoms with Crippen LogP contribution in [0.25, 0.3) is 0 Å². The van der Waals surface area contributed by atoms with Crippen LogP contribution in [-0.4, -0.2) is 42.3 Å². The number of piperidine rings is 1. The fourth-order valence-electron chi connectivity index (χ4n) is 2.52. The second-order valence-corrected chi connectivity index (χ2v) is 5.42. The van der Waals surface area contributed by atoms with Crippen LogP contribution in [0.15, 0.2) is 18.2 Å². The second-order valence-electron chi connectivity index (χ2n) is 5.42. The van der Waals surface area contributed by atoms with Gasteiger partial charge >= 0.3 is 12.2 Å². The monoisotopic (exact) mass is 332 g/mol. The van der Waals surface area contributed by atoms with E-state index in [2.05, 4.69) is 5.32 Å². The Morgan fingerprint density at radius 2 is 2.22 bits per heavy atom. The summed E-state index contributed by atoms with van der Waals surface area (Å²) in [5.41, 5.74) is -0.875. The van der Waals surface area contributed by atoms with E-state index in [1.54, 1.807) is 0 Å². The average molecular weight is 332 g/mol. The average Bonchev–Trinajstić information content (AvgIpc) is 2.51. The van der Waals surface area contributed by atoms with Gasteiger partial charge in [-0.25, -0.2) is 4.79 Å². The maximum atomic E-state index is 13.1. The standard InChI is InChI=1S/C15H19F3N2O3/c1-23-12-5-4-10(13(7-12)15(16,17)18)8-19-14(22)20-6-2-3-11(21)9-20/h4-5,7,11,21H,2-3,6,8-9H2,1H3,(H,19,22)/t11-/m1/s1. The largest absolute Gasteiger partial charge is 0.497 e. The lowest BCUT2D eigenvalue weighted by Crippen LogP contribution is -2.46. The number of aliphatic hydroxyl groups excluding tert-OH is 1. The van der Waals surface area contributed by atoms with Crippen LogP contribution >= 0.6 is 0 Å². The SMILES string of the molecule is COc1ccc(CNC(=O)N2CCC[C@@H](O)C2)c(C(F)(F)F)c1. The normalized spacial score (nSPS) is 18.7. The molecule has 1 aliphatic rings. The van der Waals surface area contributed by atoms with Gasteiger partial charge in [0.1, 0.15) is 5.75 Å². The molecule has 8 heteroatoms. The van der Waals surface area contributed by atoms with Crippen LogP contribution in [0.1, 0.15) is 24.0 Å². The number of halogens is 3. The van der Waals surface area contributed by atoms with E-state index in [-0.39, 0.29) is 24.4 Å². The van der Waals surface area contributed by atoms with Gasteiger partial charge in [0.25, 0.3) is 0 Å². The Morgan fingerprint density at radius 3 is 2.83 bits per heavy atom. The number of hydrogen-bond acceptors (Lipinski definition) is 3. The van der Waals surface area contributed by atoms with Gasteiger partial charge in [-0.2, -0.15) is 13.2 Å². The Kier molecular flexibility index (Phi) is 5.35. The molecule has 2 N–H and O–H groups in total. The Labute approximate surface area is 132 Å². The van der Waals surface area contributed by atoms with E-state index >= 15 is 0 Å². The van der Waals surface area contributed by atoms with Crippen LogP contribution in [-0.2, 0) is 12.7 Å². The number of ether oxygens (including phenoxy) is 1. The van der Waals surface area contributed by atoms with Gasteiger partial charge in [-0.1, -0.05) is 6.07 Å². The molecule has 128 valence electrons. The number of nitrogens with one attached hydrogen (secondary N) is 1. The van der Waals surface area contributed by atoms with Gasteiger partial charge < -0.3 is 20.1 Å². The quantitative estimate of drug-likeness (QED) is 0.893. The highest BCUT2D eigenvalue weighted by atomic mass is 19.4. The zero-order valence-corrected chi connectivity index (χ0v) is 12.7. The van der Waals surface area contributed by atoms with Crippen molar-refractivity contribution >= 4 is 6.03 Å². The van der Waals surface area contributed by atoms with Crippen LogP contribution in [0.2, 0.25) is 0 Å². The molecule has 1 saturated heterocycles. The molecule has 1 heterocycles. The topological polar surface area (TPSA) is 61.8 Å². The fourth-order valence-corrected chi connectivity index (χ4v) is 2.52. The van der Waals surface area contributed by atoms with Crippen LogP contribution in [0, 0.1) is 0 Å². The summed E-state index contributed by atoms with van der Waals surface area (Å²) in [6.07, 6.45) is -3.82. The molecule has 0 aliphatic carbocycles. The number of carbonyl (C=O) groups is 1. The summed E-state index contributed by atoms with van der Waals surface area (Å²) in [6.45, 7) is 0.433. The highest BCUT2D eigenvalue weighted by molar-refractivity contribution is 5.74. The number of likely N-dealkylation sites (tertiary alicyclic amines) is 1. The first kappa shape index (κ1) is 17.4. The molecular formula is C15H19F3N2O3. The molecule has 0 unspecified atom stereocenters. The molecule has 0 saturated carbocycles. The number of benzene rings is 1. The molecule has 0 radical (unpaired) electrons. The van der Waals surface area contributed by atoms with Crippen molar-refractivity contribution in [2.75, 3.05) is 20.2 Å². The summed E-state index contributed by atoms with van der Waals surface area (Å²) in [5.74, 6) is 0.103. The number of carbonyl (C=O) groups excluding carboxylic acids is 1. The third-order valence-electron chi connectivity index (χ3n) is 3.74. The third-order valence-corrected chi connectivity index (χ3v) is 3.74. The van der Waals surface area contributed by atoms with E-state index in [0.717, 1.165) is 6.07 Å². The van der Waals surface area contributed by atoms with Crippen molar-refractivity contribution in [2.45, 2.75) is 31.7 Å². The summed E-state index contributed by atoms with van der Waals surface area (Å²) in [7, 11) is 1.29. The summed E-state index contributed by atoms with van der Waals surface area (Å²) in [4.78, 5) is 13.4. The molecule has 2 rings (SSSR count). The van der Waals surface area contributed by atoms with Gasteiger partial charge in [-0.05, 0) is 30.5 Å². The molecule has 0 bridgehead atoms. The van der Waals surface area contributed by atoms with E-state index in [4.69, 9.17) is 4.74 Å². The molecule has 1 aromatic carbocycles. The van der Waals surface area contributed by atoms with Crippen molar-refractivity contribution in [1.29, 1.82) is 0 Å². The first-order valence-corrected chi connectivity index (χ1v) is 7.26. The summed E-state index contributed by atoms with van der Waals surface area (Å²) < 4.78 is 44.1. The highest BCUT2D eigenvalue weighted by Crippen LogP contribution is 2.34. The fraction of sp³-hybridized carbons (Fsp3) is 0.533. The predicted octanol–water partition coefficient (Wildman–Crippen LogP) is 2.38. The van der Waals surface area contributed by atoms with Gasteiger partial charge in [-0.15, -0.1) is 0 Å². The van der Waals surface area contributed by atoms with E-state index in [1.165, 1.54) is 24.1 Å². The Morgan fingerprint density at radius 1 is 1.48 bits per heavy atom. The van der Waals surface area contributed by atoms with Crippen LogP contribution in [0.3, 0.4) is 0 Å². The van der Waals surface area contributed by atoms with Crippen molar-refractivity contribution in [3.05, 3.63) is 29.3 Å². The Balaban J connectivity index is 2.06. The number of nitrogens with zero attached hydrogens (tertiary/aromatic N) is 1. The molecule has 0 spiro atoms. The van der Waals surface area contributed by atoms with Gasteiger partial charge in [0.05, 0.1) is 18.8 Å². The number of aliphatic hydroxyl groups is 1. The van der Waals surface area contributed by atoms with Crippen molar-refractivity contribution in [1.82, 2.24) is 10.2 Å². The van der Waals surface area contributed by atoms with Gasteiger partial charge in [0.2, 0.25) is 0 Å². The summed E-state index contributed by atoms with van der Waals surface area (Å²) >= 11 is 0. The lowest BCUT2D eigenvalue weighted by Gasteiger charge is -2.30. The molecule has 1 fully saturated rings. The highest BCUT2D eigenvalue weighted by Gasteiger charge is 2.34. The van der Waals surface area contributed by atoms with Gasteiger partial charge in [0, 0.05) is 19.6 Å². The van der Waals surface area contributed by atoms with E-state index in [0.29, 0.717) is 19.4 Å². The molecule has 2 amide bonds. The number of methoxy groups -OCH3 is 1. The number of hydrogen-bond donors (Lipinski definition) is 2. The number of urea groups is 1. The van der Waals surface area contributed by atoms with Crippen LogP contribution in [0.4, 0.5) is 18.0 Å². The summed E-state index contributed by atoms with van der Waals surface area (Å²) in [5, 5.41) is 12.0. The first-order chi connectivity index (χ1) is 10.8. The van der Waals surface area contributed by atoms with E-state index < -0.39 is 23.9 Å². The minimum Gasteiger partial charge on any atom is -0.497 e. The van der Waals surface area contributed by atoms with Gasteiger partial charge in [0.15, 0.2) is 0 Å². The molecule has 1 aromatic rings. The summed E-state index contributed by atoms with van der Waals surface area (Å²) in [6, 6.07) is 3.13. The van der Waals surface area contributed by atoms with Crippen LogP contribution in [0.5, 0.6) is 5.75 Å². The number of rotatable bonds is 3. The smallest absolute Gasteiger partial charge is 0.416 e. The second kappa shape index (κ2) is 7.08. The number of alkyl halides is 3. The maximum absolute atomic E-state index is 13.1. The third kappa shape index (κ3) is 4.51. The minimum absolute atomic E-state index is 0.0378. The van der Waals surface area contributed by atoms with E-state index in [1.807, 2.05) is 0 Å². The first-order valence-electron chi connectivity index (χ1n) is 7.26.